The van der Waals surface area contributed by atoms with E-state index in [9.17, 15) is 0 Å². The molecule has 1 saturated heterocycles. The minimum Gasteiger partial charge on any atom is -0.374 e. The average Bonchev–Trinajstić information content (AvgIpc) is 2.58. The molecule has 4 nitrogen and oxygen atoms in total. The Morgan fingerprint density at radius 2 is 2.20 bits per heavy atom. The van der Waals surface area contributed by atoms with Crippen LogP contribution in [0.2, 0.25) is 0 Å². The molecular weight excluding hydrogens is 208 g/mol. The maximum atomic E-state index is 5.57. The molecule has 2 unspecified atom stereocenters. The molecule has 84 valence electrons. The monoisotopic (exact) mass is 226 g/mol. The Labute approximate surface area is 94.5 Å². The number of nitrogen functional groups attached to an aromatic ring is 1. The van der Waals surface area contributed by atoms with Crippen LogP contribution in [0.5, 0.6) is 0 Å². The van der Waals surface area contributed by atoms with Crippen molar-refractivity contribution in [3.05, 3.63) is 5.01 Å². The van der Waals surface area contributed by atoms with Crippen LogP contribution < -0.4 is 5.73 Å². The van der Waals surface area contributed by atoms with Gasteiger partial charge in [-0.2, -0.15) is 0 Å². The molecule has 1 aliphatic heterocycles. The molecule has 1 aliphatic rings. The standard InChI is InChI=1S/C10H18N4S/c1-7-3-4-8(2)14(5-7)6-9-12-13-10(11)15-9/h7-8H,3-6H2,1-2H3,(H2,11,13). The number of likely N-dealkylation sites (tertiary alicyclic amines) is 1. The third-order valence-corrected chi connectivity index (χ3v) is 3.80. The van der Waals surface area contributed by atoms with Gasteiger partial charge < -0.3 is 5.73 Å². The van der Waals surface area contributed by atoms with Crippen molar-refractivity contribution in [1.82, 2.24) is 15.1 Å². The van der Waals surface area contributed by atoms with Gasteiger partial charge in [0.1, 0.15) is 5.01 Å². The SMILES string of the molecule is CC1CCC(C)N(Cc2nnc(N)s2)C1. The second-order valence-corrected chi connectivity index (χ2v) is 5.59. The van der Waals surface area contributed by atoms with E-state index in [0.29, 0.717) is 11.2 Å². The van der Waals surface area contributed by atoms with Gasteiger partial charge in [0.2, 0.25) is 5.13 Å². The van der Waals surface area contributed by atoms with Crippen LogP contribution in [-0.2, 0) is 6.54 Å². The zero-order valence-corrected chi connectivity index (χ0v) is 10.1. The van der Waals surface area contributed by atoms with E-state index in [1.165, 1.54) is 30.7 Å². The van der Waals surface area contributed by atoms with Gasteiger partial charge in [0.25, 0.3) is 0 Å². The molecule has 0 aliphatic carbocycles. The number of hydrogen-bond acceptors (Lipinski definition) is 5. The Balaban J connectivity index is 1.98. The van der Waals surface area contributed by atoms with Crippen molar-refractivity contribution in [2.75, 3.05) is 12.3 Å². The van der Waals surface area contributed by atoms with Crippen LogP contribution in [0.4, 0.5) is 5.13 Å². The van der Waals surface area contributed by atoms with Crippen LogP contribution in [0.15, 0.2) is 0 Å². The van der Waals surface area contributed by atoms with E-state index in [1.54, 1.807) is 0 Å². The molecule has 2 N–H and O–H groups in total. The van der Waals surface area contributed by atoms with Crippen molar-refractivity contribution >= 4 is 16.5 Å². The maximum Gasteiger partial charge on any atom is 0.203 e. The number of piperidine rings is 1. The number of hydrogen-bond donors (Lipinski definition) is 1. The second kappa shape index (κ2) is 4.45. The summed E-state index contributed by atoms with van der Waals surface area (Å²) in [7, 11) is 0. The molecule has 1 aromatic rings. The summed E-state index contributed by atoms with van der Waals surface area (Å²) in [5.41, 5.74) is 5.57. The summed E-state index contributed by atoms with van der Waals surface area (Å²) >= 11 is 1.50. The predicted octanol–water partition coefficient (Wildman–Crippen LogP) is 1.74. The summed E-state index contributed by atoms with van der Waals surface area (Å²) in [6.07, 6.45) is 2.63. The Morgan fingerprint density at radius 3 is 2.87 bits per heavy atom. The first-order chi connectivity index (χ1) is 7.15. The van der Waals surface area contributed by atoms with E-state index in [0.717, 1.165) is 17.5 Å². The van der Waals surface area contributed by atoms with Crippen LogP contribution in [-0.4, -0.2) is 27.7 Å². The van der Waals surface area contributed by atoms with Crippen LogP contribution in [0.25, 0.3) is 0 Å². The molecule has 0 radical (unpaired) electrons. The third kappa shape index (κ3) is 2.66. The fourth-order valence-corrected chi connectivity index (χ4v) is 2.74. The van der Waals surface area contributed by atoms with Crippen LogP contribution >= 0.6 is 11.3 Å². The molecule has 2 rings (SSSR count). The zero-order chi connectivity index (χ0) is 10.8. The van der Waals surface area contributed by atoms with Crippen molar-refractivity contribution < 1.29 is 0 Å². The van der Waals surface area contributed by atoms with E-state index < -0.39 is 0 Å². The highest BCUT2D eigenvalue weighted by atomic mass is 32.1. The van der Waals surface area contributed by atoms with E-state index in [2.05, 4.69) is 28.9 Å². The van der Waals surface area contributed by atoms with Crippen LogP contribution in [0, 0.1) is 5.92 Å². The quantitative estimate of drug-likeness (QED) is 0.834. The van der Waals surface area contributed by atoms with Crippen molar-refractivity contribution in [3.63, 3.8) is 0 Å². The lowest BCUT2D eigenvalue weighted by molar-refractivity contribution is 0.117. The number of rotatable bonds is 2. The van der Waals surface area contributed by atoms with E-state index in [4.69, 9.17) is 5.73 Å². The summed E-state index contributed by atoms with van der Waals surface area (Å²) in [5.74, 6) is 0.798. The highest BCUT2D eigenvalue weighted by Gasteiger charge is 2.23. The Kier molecular flexibility index (Phi) is 3.21. The first-order valence-electron chi connectivity index (χ1n) is 5.47. The second-order valence-electron chi connectivity index (χ2n) is 4.50. The van der Waals surface area contributed by atoms with Crippen LogP contribution in [0.1, 0.15) is 31.7 Å². The van der Waals surface area contributed by atoms with Gasteiger partial charge in [-0.05, 0) is 25.7 Å². The molecule has 0 saturated carbocycles. The lowest BCUT2D eigenvalue weighted by atomic mass is 9.95. The topological polar surface area (TPSA) is 55.0 Å². The van der Waals surface area contributed by atoms with Crippen molar-refractivity contribution in [3.8, 4) is 0 Å². The largest absolute Gasteiger partial charge is 0.374 e. The van der Waals surface area contributed by atoms with Gasteiger partial charge in [-0.3, -0.25) is 4.90 Å². The van der Waals surface area contributed by atoms with E-state index in [1.807, 2.05) is 0 Å². The molecule has 1 aromatic heterocycles. The number of anilines is 1. The highest BCUT2D eigenvalue weighted by Crippen LogP contribution is 2.24. The molecule has 0 spiro atoms. The minimum atomic E-state index is 0.572. The molecular formula is C10H18N4S. The van der Waals surface area contributed by atoms with Gasteiger partial charge in [-0.15, -0.1) is 10.2 Å². The Morgan fingerprint density at radius 1 is 1.40 bits per heavy atom. The van der Waals surface area contributed by atoms with Gasteiger partial charge in [-0.25, -0.2) is 0 Å². The zero-order valence-electron chi connectivity index (χ0n) is 9.31. The summed E-state index contributed by atoms with van der Waals surface area (Å²) in [6, 6.07) is 0.659. The summed E-state index contributed by atoms with van der Waals surface area (Å²) in [4.78, 5) is 2.48. The highest BCUT2D eigenvalue weighted by molar-refractivity contribution is 7.15. The smallest absolute Gasteiger partial charge is 0.203 e. The van der Waals surface area contributed by atoms with Crippen molar-refractivity contribution in [1.29, 1.82) is 0 Å². The van der Waals surface area contributed by atoms with Gasteiger partial charge in [0.15, 0.2) is 0 Å². The molecule has 15 heavy (non-hydrogen) atoms. The normalized spacial score (nSPS) is 28.1. The number of nitrogens with two attached hydrogens (primary N) is 1. The van der Waals surface area contributed by atoms with Crippen molar-refractivity contribution in [2.24, 2.45) is 5.92 Å². The fraction of sp³-hybridized carbons (Fsp3) is 0.800. The Bertz CT molecular complexity index is 325. The van der Waals surface area contributed by atoms with Gasteiger partial charge in [0.05, 0.1) is 6.54 Å². The lowest BCUT2D eigenvalue weighted by Gasteiger charge is -2.35. The fourth-order valence-electron chi connectivity index (χ4n) is 2.10. The minimum absolute atomic E-state index is 0.572. The molecule has 2 atom stereocenters. The average molecular weight is 226 g/mol. The summed E-state index contributed by atoms with van der Waals surface area (Å²) in [6.45, 7) is 6.67. The first kappa shape index (κ1) is 10.8. The molecule has 5 heteroatoms. The lowest BCUT2D eigenvalue weighted by Crippen LogP contribution is -2.40. The predicted molar refractivity (Wildman–Crippen MR) is 62.6 cm³/mol. The third-order valence-electron chi connectivity index (χ3n) is 3.07. The molecule has 0 bridgehead atoms. The summed E-state index contributed by atoms with van der Waals surface area (Å²) in [5, 5.41) is 9.52. The first-order valence-corrected chi connectivity index (χ1v) is 6.28. The van der Waals surface area contributed by atoms with E-state index >= 15 is 0 Å². The molecule has 0 amide bonds. The number of nitrogens with zero attached hydrogens (tertiary/aromatic N) is 3. The Hall–Kier alpha value is -0.680. The molecule has 0 aromatic carbocycles. The van der Waals surface area contributed by atoms with E-state index in [-0.39, 0.29) is 0 Å². The van der Waals surface area contributed by atoms with Crippen LogP contribution in [0.3, 0.4) is 0 Å². The molecule has 1 fully saturated rings. The molecule has 2 heterocycles. The maximum absolute atomic E-state index is 5.57. The number of aromatic nitrogens is 2. The van der Waals surface area contributed by atoms with Gasteiger partial charge in [0, 0.05) is 12.6 Å². The van der Waals surface area contributed by atoms with Gasteiger partial charge in [-0.1, -0.05) is 18.3 Å². The van der Waals surface area contributed by atoms with Crippen molar-refractivity contribution in [2.45, 2.75) is 39.3 Å². The van der Waals surface area contributed by atoms with Gasteiger partial charge >= 0.3 is 0 Å². The summed E-state index contributed by atoms with van der Waals surface area (Å²) < 4.78 is 0.